The lowest BCUT2D eigenvalue weighted by molar-refractivity contribution is -0.142. The molecule has 4 rings (SSSR count). The standard InChI is InChI=1S/C24H32ClN5O4/c1-24(2,3)34-23(32)28-17-13-18-19(12-16(17)25)27-21(14-26-18)30-9-7-15(8-10-30)29(4)22(31)20-6-5-11-33-20/h12-15,20H,5-11H2,1-4H3,(H,28,32)/t20-/m1/s1. The molecule has 1 aromatic heterocycles. The third kappa shape index (κ3) is 5.70. The van der Waals surface area contributed by atoms with E-state index in [2.05, 4.69) is 15.2 Å². The van der Waals surface area contributed by atoms with Crippen molar-refractivity contribution in [3.63, 3.8) is 0 Å². The molecule has 0 bridgehead atoms. The second-order valence-corrected chi connectivity index (χ2v) is 10.3. The van der Waals surface area contributed by atoms with Gasteiger partial charge in [-0.15, -0.1) is 0 Å². The lowest BCUT2D eigenvalue weighted by Gasteiger charge is -2.37. The predicted molar refractivity (Wildman–Crippen MR) is 131 cm³/mol. The Hall–Kier alpha value is -2.65. The first-order valence-corrected chi connectivity index (χ1v) is 12.1. The van der Waals surface area contributed by atoms with Crippen molar-refractivity contribution in [3.8, 4) is 0 Å². The molecule has 2 fully saturated rings. The molecule has 0 radical (unpaired) electrons. The summed E-state index contributed by atoms with van der Waals surface area (Å²) in [7, 11) is 1.88. The number of fused-ring (bicyclic) bond motifs is 1. The molecule has 0 aliphatic carbocycles. The zero-order valence-corrected chi connectivity index (χ0v) is 20.9. The number of amides is 2. The number of halogens is 1. The van der Waals surface area contributed by atoms with E-state index in [9.17, 15) is 9.59 Å². The van der Waals surface area contributed by atoms with E-state index in [-0.39, 0.29) is 18.1 Å². The molecule has 1 aromatic carbocycles. The van der Waals surface area contributed by atoms with Crippen LogP contribution in [0.1, 0.15) is 46.5 Å². The van der Waals surface area contributed by atoms with Crippen molar-refractivity contribution in [1.82, 2.24) is 14.9 Å². The maximum Gasteiger partial charge on any atom is 0.412 e. The summed E-state index contributed by atoms with van der Waals surface area (Å²) in [6.07, 6.45) is 4.34. The van der Waals surface area contributed by atoms with Gasteiger partial charge in [-0.3, -0.25) is 15.1 Å². The Bertz CT molecular complexity index is 1060. The molecule has 2 aliphatic rings. The molecule has 10 heteroatoms. The minimum atomic E-state index is -0.609. The quantitative estimate of drug-likeness (QED) is 0.686. The van der Waals surface area contributed by atoms with E-state index >= 15 is 0 Å². The minimum absolute atomic E-state index is 0.0897. The van der Waals surface area contributed by atoms with Gasteiger partial charge in [0.2, 0.25) is 0 Å². The summed E-state index contributed by atoms with van der Waals surface area (Å²) in [6, 6.07) is 3.58. The number of anilines is 2. The zero-order chi connectivity index (χ0) is 24.5. The third-order valence-electron chi connectivity index (χ3n) is 6.14. The molecule has 1 N–H and O–H groups in total. The van der Waals surface area contributed by atoms with Crippen molar-refractivity contribution in [2.45, 2.75) is 64.2 Å². The maximum absolute atomic E-state index is 12.7. The highest BCUT2D eigenvalue weighted by Crippen LogP contribution is 2.29. The average Bonchev–Trinajstić information content (AvgIpc) is 3.32. The number of ether oxygens (including phenoxy) is 2. The van der Waals surface area contributed by atoms with Crippen LogP contribution < -0.4 is 10.2 Å². The van der Waals surface area contributed by atoms with E-state index in [1.807, 2.05) is 11.9 Å². The number of hydrogen-bond acceptors (Lipinski definition) is 7. The first kappa shape index (κ1) is 24.5. The predicted octanol–water partition coefficient (Wildman–Crippen LogP) is 4.24. The lowest BCUT2D eigenvalue weighted by atomic mass is 10.0. The Labute approximate surface area is 204 Å². The van der Waals surface area contributed by atoms with E-state index in [0.717, 1.165) is 44.6 Å². The summed E-state index contributed by atoms with van der Waals surface area (Å²) in [5.74, 6) is 0.856. The first-order chi connectivity index (χ1) is 16.1. The van der Waals surface area contributed by atoms with Gasteiger partial charge < -0.3 is 19.3 Å². The van der Waals surface area contributed by atoms with Crippen LogP contribution in [0.5, 0.6) is 0 Å². The summed E-state index contributed by atoms with van der Waals surface area (Å²) in [4.78, 5) is 38.1. The smallest absolute Gasteiger partial charge is 0.412 e. The Morgan fingerprint density at radius 1 is 1.21 bits per heavy atom. The molecule has 3 heterocycles. The third-order valence-corrected chi connectivity index (χ3v) is 6.46. The zero-order valence-electron chi connectivity index (χ0n) is 20.1. The van der Waals surface area contributed by atoms with Crippen LogP contribution in [0.4, 0.5) is 16.3 Å². The van der Waals surface area contributed by atoms with Crippen molar-refractivity contribution < 1.29 is 19.1 Å². The highest BCUT2D eigenvalue weighted by atomic mass is 35.5. The number of nitrogens with one attached hydrogen (secondary N) is 1. The highest BCUT2D eigenvalue weighted by molar-refractivity contribution is 6.34. The molecule has 2 saturated heterocycles. The number of rotatable bonds is 4. The number of likely N-dealkylation sites (N-methyl/N-ethyl adjacent to an activating group) is 1. The summed E-state index contributed by atoms with van der Waals surface area (Å²) < 4.78 is 10.9. The molecule has 0 spiro atoms. The normalized spacial score (nSPS) is 19.3. The molecule has 0 unspecified atom stereocenters. The Balaban J connectivity index is 1.40. The number of aromatic nitrogens is 2. The fraction of sp³-hybridized carbons (Fsp3) is 0.583. The van der Waals surface area contributed by atoms with Crippen LogP contribution in [-0.2, 0) is 14.3 Å². The van der Waals surface area contributed by atoms with Crippen LogP contribution in [0.15, 0.2) is 18.3 Å². The van der Waals surface area contributed by atoms with E-state index in [0.29, 0.717) is 28.4 Å². The van der Waals surface area contributed by atoms with Gasteiger partial charge >= 0.3 is 6.09 Å². The first-order valence-electron chi connectivity index (χ1n) is 11.7. The van der Waals surface area contributed by atoms with Gasteiger partial charge in [0.15, 0.2) is 0 Å². The highest BCUT2D eigenvalue weighted by Gasteiger charge is 2.32. The van der Waals surface area contributed by atoms with Crippen molar-refractivity contribution in [2.24, 2.45) is 0 Å². The number of carbonyl (C=O) groups is 2. The number of hydrogen-bond donors (Lipinski definition) is 1. The van der Waals surface area contributed by atoms with Crippen molar-refractivity contribution in [3.05, 3.63) is 23.4 Å². The molecule has 2 aromatic rings. The van der Waals surface area contributed by atoms with Gasteiger partial charge in [-0.05, 0) is 58.6 Å². The number of carbonyl (C=O) groups excluding carboxylic acids is 2. The topological polar surface area (TPSA) is 96.9 Å². The second-order valence-electron chi connectivity index (χ2n) is 9.84. The molecule has 2 amide bonds. The summed E-state index contributed by atoms with van der Waals surface area (Å²) >= 11 is 6.39. The van der Waals surface area contributed by atoms with Gasteiger partial charge in [-0.25, -0.2) is 9.78 Å². The number of piperidine rings is 1. The van der Waals surface area contributed by atoms with Gasteiger partial charge in [-0.1, -0.05) is 11.6 Å². The Kier molecular flexibility index (Phi) is 7.14. The van der Waals surface area contributed by atoms with Gasteiger partial charge in [0.05, 0.1) is 27.9 Å². The molecule has 1 atom stereocenters. The fourth-order valence-electron chi connectivity index (χ4n) is 4.35. The lowest BCUT2D eigenvalue weighted by Crippen LogP contribution is -2.48. The monoisotopic (exact) mass is 489 g/mol. The molecule has 2 aliphatic heterocycles. The summed E-state index contributed by atoms with van der Waals surface area (Å²) in [6.45, 7) is 7.62. The van der Waals surface area contributed by atoms with Gasteiger partial charge in [0.25, 0.3) is 5.91 Å². The van der Waals surface area contributed by atoms with E-state index < -0.39 is 11.7 Å². The van der Waals surface area contributed by atoms with Crippen LogP contribution in [0, 0.1) is 0 Å². The van der Waals surface area contributed by atoms with Crippen LogP contribution in [0.25, 0.3) is 11.0 Å². The van der Waals surface area contributed by atoms with Gasteiger partial charge in [0, 0.05) is 32.8 Å². The molecular formula is C24H32ClN5O4. The van der Waals surface area contributed by atoms with E-state index in [1.54, 1.807) is 39.1 Å². The van der Waals surface area contributed by atoms with Gasteiger partial charge in [-0.2, -0.15) is 0 Å². The van der Waals surface area contributed by atoms with Gasteiger partial charge in [0.1, 0.15) is 17.5 Å². The van der Waals surface area contributed by atoms with E-state index in [1.165, 1.54) is 0 Å². The Morgan fingerprint density at radius 2 is 1.94 bits per heavy atom. The van der Waals surface area contributed by atoms with Crippen molar-refractivity contribution in [2.75, 3.05) is 37.0 Å². The van der Waals surface area contributed by atoms with Crippen molar-refractivity contribution >= 4 is 46.1 Å². The molecule has 0 saturated carbocycles. The van der Waals surface area contributed by atoms with Crippen LogP contribution in [-0.4, -0.2) is 71.4 Å². The summed E-state index contributed by atoms with van der Waals surface area (Å²) in [5.41, 5.74) is 1.08. The number of nitrogens with zero attached hydrogens (tertiary/aromatic N) is 4. The summed E-state index contributed by atoms with van der Waals surface area (Å²) in [5, 5.41) is 3.03. The number of benzene rings is 1. The molecular weight excluding hydrogens is 458 g/mol. The van der Waals surface area contributed by atoms with Crippen molar-refractivity contribution in [1.29, 1.82) is 0 Å². The van der Waals surface area contributed by atoms with Crippen LogP contribution in [0.2, 0.25) is 5.02 Å². The molecule has 34 heavy (non-hydrogen) atoms. The SMILES string of the molecule is CN(C(=O)[C@H]1CCCO1)C1CCN(c2cnc3cc(NC(=O)OC(C)(C)C)c(Cl)cc3n2)CC1. The second kappa shape index (κ2) is 9.92. The van der Waals surface area contributed by atoms with Crippen LogP contribution >= 0.6 is 11.6 Å². The van der Waals surface area contributed by atoms with Crippen LogP contribution in [0.3, 0.4) is 0 Å². The largest absolute Gasteiger partial charge is 0.444 e. The van der Waals surface area contributed by atoms with E-state index in [4.69, 9.17) is 26.1 Å². The minimum Gasteiger partial charge on any atom is -0.444 e. The fourth-order valence-corrected chi connectivity index (χ4v) is 4.55. The molecule has 9 nitrogen and oxygen atoms in total. The maximum atomic E-state index is 12.7. The average molecular weight is 490 g/mol. The molecule has 184 valence electrons. The Morgan fingerprint density at radius 3 is 2.59 bits per heavy atom.